The van der Waals surface area contributed by atoms with Crippen molar-refractivity contribution in [2.45, 2.75) is 19.9 Å². The third-order valence-electron chi connectivity index (χ3n) is 2.76. The molecule has 92 valence electrons. The fourth-order valence-electron chi connectivity index (χ4n) is 1.86. The van der Waals surface area contributed by atoms with Gasteiger partial charge in [-0.15, -0.1) is 0 Å². The van der Waals surface area contributed by atoms with E-state index >= 15 is 0 Å². The number of hydrogen-bond acceptors (Lipinski definition) is 3. The third-order valence-corrected chi connectivity index (χ3v) is 2.76. The summed E-state index contributed by atoms with van der Waals surface area (Å²) in [6, 6.07) is 2.05. The van der Waals surface area contributed by atoms with Crippen LogP contribution in [0.1, 0.15) is 17.0 Å². The van der Waals surface area contributed by atoms with E-state index in [0.717, 1.165) is 30.9 Å². The Morgan fingerprint density at radius 1 is 1.24 bits per heavy atom. The number of nitrogens with one attached hydrogen (secondary N) is 1. The Morgan fingerprint density at radius 2 is 2.06 bits per heavy atom. The Morgan fingerprint density at radius 3 is 2.65 bits per heavy atom. The van der Waals surface area contributed by atoms with Crippen LogP contribution < -0.4 is 5.32 Å². The number of rotatable bonds is 5. The SMILES string of the molecule is Cc1nn(C)cc1CNCCc1ccn(C)n1. The Kier molecular flexibility index (Phi) is 3.58. The summed E-state index contributed by atoms with van der Waals surface area (Å²) in [5, 5.41) is 12.1. The molecule has 0 aromatic carbocycles. The fourth-order valence-corrected chi connectivity index (χ4v) is 1.86. The molecule has 5 nitrogen and oxygen atoms in total. The summed E-state index contributed by atoms with van der Waals surface area (Å²) in [6.07, 6.45) is 4.99. The van der Waals surface area contributed by atoms with Crippen LogP contribution in [-0.2, 0) is 27.1 Å². The summed E-state index contributed by atoms with van der Waals surface area (Å²) in [5.74, 6) is 0. The van der Waals surface area contributed by atoms with E-state index in [2.05, 4.69) is 27.8 Å². The minimum absolute atomic E-state index is 0.868. The first kappa shape index (κ1) is 11.9. The summed E-state index contributed by atoms with van der Waals surface area (Å²) < 4.78 is 3.69. The van der Waals surface area contributed by atoms with Gasteiger partial charge in [-0.2, -0.15) is 10.2 Å². The topological polar surface area (TPSA) is 47.7 Å². The zero-order chi connectivity index (χ0) is 12.3. The second-order valence-electron chi connectivity index (χ2n) is 4.32. The highest BCUT2D eigenvalue weighted by Crippen LogP contribution is 2.03. The lowest BCUT2D eigenvalue weighted by Gasteiger charge is -2.01. The van der Waals surface area contributed by atoms with Crippen molar-refractivity contribution in [1.29, 1.82) is 0 Å². The number of aromatic nitrogens is 4. The maximum Gasteiger partial charge on any atom is 0.0638 e. The van der Waals surface area contributed by atoms with Crippen molar-refractivity contribution < 1.29 is 0 Å². The van der Waals surface area contributed by atoms with Gasteiger partial charge in [0.2, 0.25) is 0 Å². The van der Waals surface area contributed by atoms with E-state index in [1.54, 1.807) is 0 Å². The van der Waals surface area contributed by atoms with Gasteiger partial charge in [-0.05, 0) is 13.0 Å². The van der Waals surface area contributed by atoms with Crippen molar-refractivity contribution in [3.63, 3.8) is 0 Å². The largest absolute Gasteiger partial charge is 0.312 e. The highest BCUT2D eigenvalue weighted by molar-refractivity contribution is 5.14. The molecular formula is C12H19N5. The maximum absolute atomic E-state index is 4.34. The molecule has 2 rings (SSSR count). The fraction of sp³-hybridized carbons (Fsp3) is 0.500. The molecule has 17 heavy (non-hydrogen) atoms. The molecule has 0 saturated heterocycles. The Balaban J connectivity index is 1.75. The van der Waals surface area contributed by atoms with Crippen LogP contribution in [0.5, 0.6) is 0 Å². The summed E-state index contributed by atoms with van der Waals surface area (Å²) >= 11 is 0. The van der Waals surface area contributed by atoms with E-state index in [-0.39, 0.29) is 0 Å². The summed E-state index contributed by atoms with van der Waals surface area (Å²) in [5.41, 5.74) is 3.48. The second kappa shape index (κ2) is 5.14. The Hall–Kier alpha value is -1.62. The smallest absolute Gasteiger partial charge is 0.0638 e. The summed E-state index contributed by atoms with van der Waals surface area (Å²) in [6.45, 7) is 3.84. The second-order valence-corrected chi connectivity index (χ2v) is 4.32. The number of aryl methyl sites for hydroxylation is 3. The van der Waals surface area contributed by atoms with Crippen molar-refractivity contribution >= 4 is 0 Å². The van der Waals surface area contributed by atoms with E-state index in [4.69, 9.17) is 0 Å². The lowest BCUT2D eigenvalue weighted by atomic mass is 10.2. The monoisotopic (exact) mass is 233 g/mol. The zero-order valence-electron chi connectivity index (χ0n) is 10.6. The molecule has 2 heterocycles. The first-order valence-electron chi connectivity index (χ1n) is 5.83. The lowest BCUT2D eigenvalue weighted by molar-refractivity contribution is 0.663. The van der Waals surface area contributed by atoms with Crippen LogP contribution in [0.2, 0.25) is 0 Å². The minimum atomic E-state index is 0.868. The number of hydrogen-bond donors (Lipinski definition) is 1. The van der Waals surface area contributed by atoms with E-state index in [1.807, 2.05) is 36.6 Å². The van der Waals surface area contributed by atoms with Gasteiger partial charge in [-0.1, -0.05) is 0 Å². The first-order valence-corrected chi connectivity index (χ1v) is 5.83. The lowest BCUT2D eigenvalue weighted by Crippen LogP contribution is -2.17. The number of nitrogens with zero attached hydrogens (tertiary/aromatic N) is 4. The molecule has 0 bridgehead atoms. The Labute approximate surface area is 101 Å². The first-order chi connectivity index (χ1) is 8.15. The van der Waals surface area contributed by atoms with Crippen molar-refractivity contribution in [1.82, 2.24) is 24.9 Å². The zero-order valence-corrected chi connectivity index (χ0v) is 10.6. The van der Waals surface area contributed by atoms with Crippen LogP contribution in [0, 0.1) is 6.92 Å². The van der Waals surface area contributed by atoms with Gasteiger partial charge in [0.25, 0.3) is 0 Å². The van der Waals surface area contributed by atoms with Gasteiger partial charge in [0, 0.05) is 51.6 Å². The molecule has 0 aliphatic carbocycles. The predicted octanol–water partition coefficient (Wildman–Crippen LogP) is 0.794. The van der Waals surface area contributed by atoms with Gasteiger partial charge < -0.3 is 5.32 Å². The van der Waals surface area contributed by atoms with Crippen molar-refractivity contribution in [3.05, 3.63) is 35.4 Å². The molecule has 1 N–H and O–H groups in total. The molecule has 0 aliphatic rings. The quantitative estimate of drug-likeness (QED) is 0.777. The Bertz CT molecular complexity index is 483. The van der Waals surface area contributed by atoms with Gasteiger partial charge in [0.05, 0.1) is 11.4 Å². The highest BCUT2D eigenvalue weighted by Gasteiger charge is 2.02. The molecule has 2 aromatic rings. The maximum atomic E-state index is 4.34. The van der Waals surface area contributed by atoms with E-state index in [1.165, 1.54) is 5.56 Å². The molecule has 0 aliphatic heterocycles. The molecule has 0 atom stereocenters. The van der Waals surface area contributed by atoms with Crippen molar-refractivity contribution in [3.8, 4) is 0 Å². The van der Waals surface area contributed by atoms with E-state index in [0.29, 0.717) is 0 Å². The van der Waals surface area contributed by atoms with Gasteiger partial charge >= 0.3 is 0 Å². The van der Waals surface area contributed by atoms with Gasteiger partial charge in [-0.3, -0.25) is 9.36 Å². The molecular weight excluding hydrogens is 214 g/mol. The minimum Gasteiger partial charge on any atom is -0.312 e. The van der Waals surface area contributed by atoms with Crippen molar-refractivity contribution in [2.24, 2.45) is 14.1 Å². The van der Waals surface area contributed by atoms with Crippen LogP contribution in [-0.4, -0.2) is 26.1 Å². The van der Waals surface area contributed by atoms with Crippen LogP contribution in [0.3, 0.4) is 0 Å². The molecule has 0 spiro atoms. The van der Waals surface area contributed by atoms with Gasteiger partial charge in [-0.25, -0.2) is 0 Å². The van der Waals surface area contributed by atoms with Crippen LogP contribution >= 0.6 is 0 Å². The average Bonchev–Trinajstić information content (AvgIpc) is 2.81. The standard InChI is InChI=1S/C12H19N5/c1-10-11(9-17(3)14-10)8-13-6-4-12-5-7-16(2)15-12/h5,7,9,13H,4,6,8H2,1-3H3. The van der Waals surface area contributed by atoms with E-state index < -0.39 is 0 Å². The van der Waals surface area contributed by atoms with E-state index in [9.17, 15) is 0 Å². The normalized spacial score (nSPS) is 11.0. The van der Waals surface area contributed by atoms with Gasteiger partial charge in [0.15, 0.2) is 0 Å². The molecule has 0 radical (unpaired) electrons. The van der Waals surface area contributed by atoms with Crippen molar-refractivity contribution in [2.75, 3.05) is 6.54 Å². The third kappa shape index (κ3) is 3.17. The molecule has 0 amide bonds. The average molecular weight is 233 g/mol. The molecule has 2 aromatic heterocycles. The molecule has 0 unspecified atom stereocenters. The predicted molar refractivity (Wildman–Crippen MR) is 66.6 cm³/mol. The summed E-state index contributed by atoms with van der Waals surface area (Å²) in [7, 11) is 3.89. The molecule has 0 fully saturated rings. The van der Waals surface area contributed by atoms with Crippen LogP contribution in [0.4, 0.5) is 0 Å². The van der Waals surface area contributed by atoms with Gasteiger partial charge in [0.1, 0.15) is 0 Å². The molecule has 5 heteroatoms. The van der Waals surface area contributed by atoms with Crippen LogP contribution in [0.25, 0.3) is 0 Å². The van der Waals surface area contributed by atoms with Crippen LogP contribution in [0.15, 0.2) is 18.5 Å². The molecule has 0 saturated carbocycles. The highest BCUT2D eigenvalue weighted by atomic mass is 15.3. The summed E-state index contributed by atoms with van der Waals surface area (Å²) in [4.78, 5) is 0.